The highest BCUT2D eigenvalue weighted by Crippen LogP contribution is 2.42. The lowest BCUT2D eigenvalue weighted by Gasteiger charge is -2.53. The fourth-order valence-corrected chi connectivity index (χ4v) is 2.51. The highest BCUT2D eigenvalue weighted by molar-refractivity contribution is 5.01. The van der Waals surface area contributed by atoms with E-state index in [4.69, 9.17) is 5.73 Å². The van der Waals surface area contributed by atoms with Crippen LogP contribution in [0.1, 0.15) is 32.1 Å². The number of nitrogens with two attached hydrogens (primary N) is 1. The molecule has 11 heavy (non-hydrogen) atoms. The van der Waals surface area contributed by atoms with Gasteiger partial charge >= 0.3 is 0 Å². The zero-order chi connectivity index (χ0) is 7.90. The van der Waals surface area contributed by atoms with Crippen molar-refractivity contribution < 1.29 is 0 Å². The van der Waals surface area contributed by atoms with Crippen LogP contribution in [0.25, 0.3) is 0 Å². The third-order valence-electron chi connectivity index (χ3n) is 3.57. The number of hydrogen-bond acceptors (Lipinski definition) is 2. The molecule has 2 rings (SSSR count). The predicted octanol–water partition coefficient (Wildman–Crippen LogP) is 0.962. The second-order valence-electron chi connectivity index (χ2n) is 4.25. The Kier molecular flexibility index (Phi) is 1.69. The fourth-order valence-electron chi connectivity index (χ4n) is 2.51. The molecular weight excluding hydrogens is 136 g/mol. The van der Waals surface area contributed by atoms with Crippen molar-refractivity contribution >= 4 is 0 Å². The molecular formula is C9H18N2. The predicted molar refractivity (Wildman–Crippen MR) is 46.4 cm³/mol. The lowest BCUT2D eigenvalue weighted by atomic mass is 9.69. The average Bonchev–Trinajstić information content (AvgIpc) is 1.91. The molecule has 0 bridgehead atoms. The smallest absolute Gasteiger partial charge is 0.0221 e. The maximum absolute atomic E-state index is 5.96. The second kappa shape index (κ2) is 2.46. The Labute approximate surface area is 68.7 Å². The van der Waals surface area contributed by atoms with Gasteiger partial charge in [0.15, 0.2) is 0 Å². The Bertz CT molecular complexity index is 152. The minimum absolute atomic E-state index is 0.478. The summed E-state index contributed by atoms with van der Waals surface area (Å²) in [4.78, 5) is 2.53. The molecule has 0 aromatic heterocycles. The zero-order valence-corrected chi connectivity index (χ0v) is 7.34. The zero-order valence-electron chi connectivity index (χ0n) is 7.34. The Hall–Kier alpha value is -0.0800. The molecule has 1 spiro atoms. The van der Waals surface area contributed by atoms with Crippen molar-refractivity contribution in [1.29, 1.82) is 0 Å². The van der Waals surface area contributed by atoms with Crippen LogP contribution in [0.3, 0.4) is 0 Å². The Morgan fingerprint density at radius 2 is 2.18 bits per heavy atom. The summed E-state index contributed by atoms with van der Waals surface area (Å²) in [5, 5.41) is 0. The molecule has 2 heteroatoms. The monoisotopic (exact) mass is 154 g/mol. The molecule has 1 saturated heterocycles. The third-order valence-corrected chi connectivity index (χ3v) is 3.57. The molecule has 2 fully saturated rings. The third kappa shape index (κ3) is 1.09. The van der Waals surface area contributed by atoms with Crippen LogP contribution >= 0.6 is 0 Å². The summed E-state index contributed by atoms with van der Waals surface area (Å²) in [5.41, 5.74) is 6.49. The molecule has 0 amide bonds. The SMILES string of the molecule is CN1CCC(N)CC12CCC2. The van der Waals surface area contributed by atoms with Gasteiger partial charge in [-0.15, -0.1) is 0 Å². The lowest BCUT2D eigenvalue weighted by Crippen LogP contribution is -2.58. The average molecular weight is 154 g/mol. The van der Waals surface area contributed by atoms with Crippen LogP contribution in [0.15, 0.2) is 0 Å². The largest absolute Gasteiger partial charge is 0.328 e. The second-order valence-corrected chi connectivity index (χ2v) is 4.25. The topological polar surface area (TPSA) is 29.3 Å². The summed E-state index contributed by atoms with van der Waals surface area (Å²) in [6.45, 7) is 1.21. The van der Waals surface area contributed by atoms with E-state index in [-0.39, 0.29) is 0 Å². The fraction of sp³-hybridized carbons (Fsp3) is 1.00. The molecule has 1 atom stereocenters. The first kappa shape index (κ1) is 7.56. The van der Waals surface area contributed by atoms with E-state index in [0.29, 0.717) is 11.6 Å². The standard InChI is InChI=1S/C9H18N2/c1-11-6-3-8(10)7-9(11)4-2-5-9/h8H,2-7,10H2,1H3. The Morgan fingerprint density at radius 3 is 2.64 bits per heavy atom. The molecule has 0 aromatic carbocycles. The van der Waals surface area contributed by atoms with Crippen LogP contribution in [0.2, 0.25) is 0 Å². The van der Waals surface area contributed by atoms with Gasteiger partial charge in [-0.1, -0.05) is 0 Å². The molecule has 2 aliphatic rings. The summed E-state index contributed by atoms with van der Waals surface area (Å²) < 4.78 is 0. The van der Waals surface area contributed by atoms with E-state index in [0.717, 1.165) is 0 Å². The lowest BCUT2D eigenvalue weighted by molar-refractivity contribution is -0.00346. The van der Waals surface area contributed by atoms with E-state index >= 15 is 0 Å². The Balaban J connectivity index is 2.04. The number of rotatable bonds is 0. The highest BCUT2D eigenvalue weighted by Gasteiger charge is 2.43. The van der Waals surface area contributed by atoms with Crippen molar-refractivity contribution in [2.45, 2.75) is 43.7 Å². The van der Waals surface area contributed by atoms with Crippen LogP contribution in [0.4, 0.5) is 0 Å². The van der Waals surface area contributed by atoms with Gasteiger partial charge in [-0.2, -0.15) is 0 Å². The number of likely N-dealkylation sites (tertiary alicyclic amines) is 1. The molecule has 2 nitrogen and oxygen atoms in total. The quantitative estimate of drug-likeness (QED) is 0.563. The first-order valence-electron chi connectivity index (χ1n) is 4.70. The first-order chi connectivity index (χ1) is 5.23. The Morgan fingerprint density at radius 1 is 1.45 bits per heavy atom. The summed E-state index contributed by atoms with van der Waals surface area (Å²) >= 11 is 0. The van der Waals surface area contributed by atoms with Crippen molar-refractivity contribution in [3.05, 3.63) is 0 Å². The van der Waals surface area contributed by atoms with Crippen molar-refractivity contribution in [3.63, 3.8) is 0 Å². The minimum atomic E-state index is 0.478. The van der Waals surface area contributed by atoms with Gasteiger partial charge in [0.2, 0.25) is 0 Å². The van der Waals surface area contributed by atoms with Crippen LogP contribution in [-0.4, -0.2) is 30.1 Å². The van der Waals surface area contributed by atoms with Gasteiger partial charge in [-0.25, -0.2) is 0 Å². The van der Waals surface area contributed by atoms with Crippen molar-refractivity contribution in [2.24, 2.45) is 5.73 Å². The van der Waals surface area contributed by atoms with Crippen LogP contribution < -0.4 is 5.73 Å². The van der Waals surface area contributed by atoms with Crippen LogP contribution in [-0.2, 0) is 0 Å². The van der Waals surface area contributed by atoms with Crippen molar-refractivity contribution in [2.75, 3.05) is 13.6 Å². The van der Waals surface area contributed by atoms with Crippen LogP contribution in [0, 0.1) is 0 Å². The van der Waals surface area contributed by atoms with E-state index in [1.165, 1.54) is 38.6 Å². The van der Waals surface area contributed by atoms with Gasteiger partial charge in [0.25, 0.3) is 0 Å². The molecule has 1 aliphatic heterocycles. The first-order valence-corrected chi connectivity index (χ1v) is 4.70. The minimum Gasteiger partial charge on any atom is -0.328 e. The van der Waals surface area contributed by atoms with E-state index in [2.05, 4.69) is 11.9 Å². The van der Waals surface area contributed by atoms with Gasteiger partial charge < -0.3 is 10.6 Å². The van der Waals surface area contributed by atoms with Crippen molar-refractivity contribution in [3.8, 4) is 0 Å². The van der Waals surface area contributed by atoms with Gasteiger partial charge in [-0.05, 0) is 45.7 Å². The van der Waals surface area contributed by atoms with Gasteiger partial charge in [0.05, 0.1) is 0 Å². The molecule has 1 unspecified atom stereocenters. The number of hydrogen-bond donors (Lipinski definition) is 1. The van der Waals surface area contributed by atoms with Gasteiger partial charge in [0, 0.05) is 11.6 Å². The molecule has 64 valence electrons. The van der Waals surface area contributed by atoms with E-state index in [9.17, 15) is 0 Å². The van der Waals surface area contributed by atoms with Crippen molar-refractivity contribution in [1.82, 2.24) is 4.90 Å². The molecule has 2 N–H and O–H groups in total. The number of piperidine rings is 1. The summed E-state index contributed by atoms with van der Waals surface area (Å²) in [7, 11) is 2.26. The molecule has 0 aromatic rings. The van der Waals surface area contributed by atoms with E-state index in [1.54, 1.807) is 0 Å². The molecule has 1 heterocycles. The highest BCUT2D eigenvalue weighted by atomic mass is 15.2. The molecule has 1 aliphatic carbocycles. The van der Waals surface area contributed by atoms with E-state index in [1.807, 2.05) is 0 Å². The van der Waals surface area contributed by atoms with E-state index < -0.39 is 0 Å². The molecule has 1 saturated carbocycles. The normalized spacial score (nSPS) is 37.1. The molecule has 0 radical (unpaired) electrons. The number of nitrogens with zero attached hydrogens (tertiary/aromatic N) is 1. The van der Waals surface area contributed by atoms with Crippen LogP contribution in [0.5, 0.6) is 0 Å². The van der Waals surface area contributed by atoms with Gasteiger partial charge in [0.1, 0.15) is 0 Å². The summed E-state index contributed by atoms with van der Waals surface area (Å²) in [5.74, 6) is 0. The summed E-state index contributed by atoms with van der Waals surface area (Å²) in [6.07, 6.45) is 6.62. The maximum Gasteiger partial charge on any atom is 0.0221 e. The summed E-state index contributed by atoms with van der Waals surface area (Å²) in [6, 6.07) is 0.478. The maximum atomic E-state index is 5.96. The van der Waals surface area contributed by atoms with Gasteiger partial charge in [-0.3, -0.25) is 0 Å².